The number of hydrogen-bond acceptors (Lipinski definition) is 5. The van der Waals surface area contributed by atoms with E-state index < -0.39 is 0 Å². The summed E-state index contributed by atoms with van der Waals surface area (Å²) >= 11 is 10.0. The molecule has 40 heavy (non-hydrogen) atoms. The van der Waals surface area contributed by atoms with E-state index in [0.717, 1.165) is 46.7 Å². The van der Waals surface area contributed by atoms with E-state index in [1.165, 1.54) is 0 Å². The molecule has 1 unspecified atom stereocenters. The van der Waals surface area contributed by atoms with Gasteiger partial charge in [0.25, 0.3) is 5.91 Å². The van der Waals surface area contributed by atoms with Gasteiger partial charge in [0.15, 0.2) is 5.65 Å². The van der Waals surface area contributed by atoms with E-state index in [4.69, 9.17) is 21.3 Å². The Hall–Kier alpha value is -3.88. The Balaban J connectivity index is 1.16. The highest BCUT2D eigenvalue weighted by Gasteiger charge is 2.25. The third-order valence-electron chi connectivity index (χ3n) is 7.02. The third-order valence-corrected chi connectivity index (χ3v) is 7.91. The van der Waals surface area contributed by atoms with Crippen molar-refractivity contribution in [1.82, 2.24) is 19.5 Å². The summed E-state index contributed by atoms with van der Waals surface area (Å²) in [5.41, 5.74) is 2.96. The molecule has 0 spiro atoms. The number of benzene rings is 3. The maximum absolute atomic E-state index is 13.4. The van der Waals surface area contributed by atoms with Gasteiger partial charge in [0.2, 0.25) is 0 Å². The summed E-state index contributed by atoms with van der Waals surface area (Å²) in [5.74, 6) is 2.51. The smallest absolute Gasteiger partial charge is 0.253 e. The second kappa shape index (κ2) is 11.7. The molecule has 9 heteroatoms. The Labute approximate surface area is 245 Å². The van der Waals surface area contributed by atoms with E-state index in [1.54, 1.807) is 10.7 Å². The van der Waals surface area contributed by atoms with Crippen LogP contribution in [0.2, 0.25) is 5.02 Å². The zero-order chi connectivity index (χ0) is 27.5. The topological polar surface area (TPSA) is 71.8 Å². The molecule has 0 saturated carbocycles. The third kappa shape index (κ3) is 5.69. The minimum Gasteiger partial charge on any atom is -0.457 e. The number of halogens is 2. The van der Waals surface area contributed by atoms with Crippen molar-refractivity contribution in [3.63, 3.8) is 0 Å². The molecule has 1 fully saturated rings. The number of fused-ring (bicyclic) bond motifs is 1. The molecule has 1 atom stereocenters. The van der Waals surface area contributed by atoms with Gasteiger partial charge in [0.1, 0.15) is 17.3 Å². The molecular weight excluding hydrogens is 590 g/mol. The predicted molar refractivity (Wildman–Crippen MR) is 161 cm³/mol. The van der Waals surface area contributed by atoms with E-state index in [1.807, 2.05) is 89.8 Å². The Morgan fingerprint density at radius 1 is 1.02 bits per heavy atom. The molecule has 1 amide bonds. The number of piperidine rings is 1. The molecule has 1 aliphatic rings. The number of likely N-dealkylation sites (tertiary alicyclic amines) is 1. The molecular formula is C31H27BrClN5O2. The number of nitrogens with zero attached hydrogens (tertiary/aromatic N) is 4. The summed E-state index contributed by atoms with van der Waals surface area (Å²) in [4.78, 5) is 20.2. The van der Waals surface area contributed by atoms with Crippen LogP contribution in [0, 0.1) is 5.92 Å². The Morgan fingerprint density at radius 2 is 1.82 bits per heavy atom. The molecule has 2 aromatic heterocycles. The van der Waals surface area contributed by atoms with Crippen LogP contribution in [0.25, 0.3) is 16.9 Å². The minimum absolute atomic E-state index is 0.0199. The van der Waals surface area contributed by atoms with Crippen LogP contribution in [0.1, 0.15) is 23.2 Å². The van der Waals surface area contributed by atoms with Crippen LogP contribution < -0.4 is 10.1 Å². The average molecular weight is 617 g/mol. The SMILES string of the molecule is O=C(c1cccc(Oc2ccccc2)c1)N1CCCC(CNc2cc(-c3ccccc3Cl)nc3c(Br)cnn23)C1. The van der Waals surface area contributed by atoms with Crippen LogP contribution in [-0.2, 0) is 0 Å². The first-order valence-corrected chi connectivity index (χ1v) is 14.4. The first-order valence-electron chi connectivity index (χ1n) is 13.2. The quantitative estimate of drug-likeness (QED) is 0.204. The number of para-hydroxylation sites is 1. The van der Waals surface area contributed by atoms with Crippen molar-refractivity contribution in [3.8, 4) is 22.8 Å². The standard InChI is InChI=1S/C31H27BrClN5O2/c32-26-19-35-38-29(17-28(36-30(26)38)25-13-4-5-14-27(25)33)34-18-21-8-7-15-37(20-21)31(39)22-9-6-12-24(16-22)40-23-10-2-1-3-11-23/h1-6,9-14,16-17,19,21,34H,7-8,15,18,20H2. The van der Waals surface area contributed by atoms with Gasteiger partial charge in [-0.15, -0.1) is 0 Å². The molecule has 6 rings (SSSR count). The number of anilines is 1. The summed E-state index contributed by atoms with van der Waals surface area (Å²) < 4.78 is 8.53. The molecule has 1 N–H and O–H groups in total. The highest BCUT2D eigenvalue weighted by atomic mass is 79.9. The highest BCUT2D eigenvalue weighted by Crippen LogP contribution is 2.31. The Kier molecular flexibility index (Phi) is 7.71. The first-order chi connectivity index (χ1) is 19.5. The lowest BCUT2D eigenvalue weighted by atomic mass is 9.97. The zero-order valence-corrected chi connectivity index (χ0v) is 24.0. The summed E-state index contributed by atoms with van der Waals surface area (Å²) in [7, 11) is 0. The van der Waals surface area contributed by atoms with Crippen LogP contribution in [0.4, 0.5) is 5.82 Å². The van der Waals surface area contributed by atoms with Crippen molar-refractivity contribution in [2.24, 2.45) is 5.92 Å². The lowest BCUT2D eigenvalue weighted by Crippen LogP contribution is -2.41. The fraction of sp³-hybridized carbons (Fsp3) is 0.194. The van der Waals surface area contributed by atoms with Crippen LogP contribution in [0.5, 0.6) is 11.5 Å². The molecule has 5 aromatic rings. The van der Waals surface area contributed by atoms with Gasteiger partial charge in [-0.2, -0.15) is 9.61 Å². The highest BCUT2D eigenvalue weighted by molar-refractivity contribution is 9.10. The number of carbonyl (C=O) groups is 1. The normalized spacial score (nSPS) is 15.2. The van der Waals surface area contributed by atoms with Crippen LogP contribution >= 0.6 is 27.5 Å². The second-order valence-electron chi connectivity index (χ2n) is 9.82. The molecule has 3 heterocycles. The maximum atomic E-state index is 13.4. The van der Waals surface area contributed by atoms with Crippen molar-refractivity contribution in [3.05, 3.63) is 106 Å². The van der Waals surface area contributed by atoms with Gasteiger partial charge in [0, 0.05) is 41.9 Å². The maximum Gasteiger partial charge on any atom is 0.253 e. The van der Waals surface area contributed by atoms with Gasteiger partial charge in [-0.25, -0.2) is 4.98 Å². The van der Waals surface area contributed by atoms with Crippen LogP contribution in [-0.4, -0.2) is 45.0 Å². The molecule has 3 aromatic carbocycles. The van der Waals surface area contributed by atoms with E-state index in [9.17, 15) is 4.79 Å². The number of hydrogen-bond donors (Lipinski definition) is 1. The van der Waals surface area contributed by atoms with Crippen LogP contribution in [0.15, 0.2) is 95.6 Å². The largest absolute Gasteiger partial charge is 0.457 e. The Morgan fingerprint density at radius 3 is 2.67 bits per heavy atom. The zero-order valence-electron chi connectivity index (χ0n) is 21.6. The number of carbonyl (C=O) groups excluding carboxylic acids is 1. The van der Waals surface area contributed by atoms with Gasteiger partial charge < -0.3 is 15.0 Å². The summed E-state index contributed by atoms with van der Waals surface area (Å²) in [6.45, 7) is 2.10. The monoisotopic (exact) mass is 615 g/mol. The number of nitrogens with one attached hydrogen (secondary N) is 1. The van der Waals surface area contributed by atoms with Crippen molar-refractivity contribution in [1.29, 1.82) is 0 Å². The van der Waals surface area contributed by atoms with E-state index in [-0.39, 0.29) is 11.8 Å². The van der Waals surface area contributed by atoms with Gasteiger partial charge in [-0.05, 0) is 71.1 Å². The van der Waals surface area contributed by atoms with Crippen LogP contribution in [0.3, 0.4) is 0 Å². The van der Waals surface area contributed by atoms with Gasteiger partial charge >= 0.3 is 0 Å². The van der Waals surface area contributed by atoms with Gasteiger partial charge in [-0.3, -0.25) is 4.79 Å². The van der Waals surface area contributed by atoms with Crippen molar-refractivity contribution >= 4 is 44.9 Å². The lowest BCUT2D eigenvalue weighted by molar-refractivity contribution is 0.0680. The van der Waals surface area contributed by atoms with E-state index >= 15 is 0 Å². The molecule has 0 aliphatic carbocycles. The summed E-state index contributed by atoms with van der Waals surface area (Å²) in [5, 5.41) is 8.71. The minimum atomic E-state index is 0.0199. The van der Waals surface area contributed by atoms with E-state index in [0.29, 0.717) is 35.1 Å². The number of aromatic nitrogens is 3. The lowest BCUT2D eigenvalue weighted by Gasteiger charge is -2.33. The molecule has 1 saturated heterocycles. The van der Waals surface area contributed by atoms with Crippen molar-refractivity contribution in [2.75, 3.05) is 25.0 Å². The predicted octanol–water partition coefficient (Wildman–Crippen LogP) is 7.57. The van der Waals surface area contributed by atoms with Gasteiger partial charge in [-0.1, -0.05) is 54.1 Å². The average Bonchev–Trinajstić information content (AvgIpc) is 3.37. The fourth-order valence-electron chi connectivity index (χ4n) is 5.03. The molecule has 0 radical (unpaired) electrons. The first kappa shape index (κ1) is 26.3. The summed E-state index contributed by atoms with van der Waals surface area (Å²) in [6, 6.07) is 26.6. The number of rotatable bonds is 7. The molecule has 0 bridgehead atoms. The molecule has 7 nitrogen and oxygen atoms in total. The molecule has 1 aliphatic heterocycles. The second-order valence-corrected chi connectivity index (χ2v) is 11.1. The van der Waals surface area contributed by atoms with Crippen molar-refractivity contribution < 1.29 is 9.53 Å². The fourth-order valence-corrected chi connectivity index (χ4v) is 5.61. The van der Waals surface area contributed by atoms with Gasteiger partial charge in [0.05, 0.1) is 16.4 Å². The van der Waals surface area contributed by atoms with E-state index in [2.05, 4.69) is 26.3 Å². The number of ether oxygens (including phenoxy) is 1. The Bertz CT molecular complexity index is 1660. The molecule has 202 valence electrons. The van der Waals surface area contributed by atoms with Crippen molar-refractivity contribution in [2.45, 2.75) is 12.8 Å². The number of amides is 1. The summed E-state index contributed by atoms with van der Waals surface area (Å²) in [6.07, 6.45) is 3.71.